The monoisotopic (exact) mass is 389 g/mol. The molecule has 2 aromatic carbocycles. The number of amides is 1. The van der Waals surface area contributed by atoms with Crippen LogP contribution in [0.2, 0.25) is 0 Å². The lowest BCUT2D eigenvalue weighted by Gasteiger charge is -2.24. The van der Waals surface area contributed by atoms with E-state index in [1.54, 1.807) is 7.11 Å². The number of hydrogen-bond donors (Lipinski definition) is 0. The molecule has 6 heteroatoms. The first-order valence-corrected chi connectivity index (χ1v) is 9.04. The Morgan fingerprint density at radius 2 is 1.89 bits per heavy atom. The van der Waals surface area contributed by atoms with Crippen molar-refractivity contribution >= 4 is 11.5 Å². The van der Waals surface area contributed by atoms with Crippen LogP contribution in [0.4, 0.5) is 13.2 Å². The number of fused-ring (bicyclic) bond motifs is 1. The fraction of sp³-hybridized carbons (Fsp3) is 0.318. The molecule has 148 valence electrons. The predicted octanol–water partition coefficient (Wildman–Crippen LogP) is 4.81. The SMILES string of the molecule is C=C(c1ccccc1)c1cc2c(cc1OC)CCN(C(=O)C(F)(F)F)C[C@@H]2C. The Bertz CT molecular complexity index is 891. The first-order chi connectivity index (χ1) is 13.2. The van der Waals surface area contributed by atoms with Gasteiger partial charge in [-0.05, 0) is 46.7 Å². The number of hydrogen-bond acceptors (Lipinski definition) is 2. The number of ether oxygens (including phenoxy) is 1. The van der Waals surface area contributed by atoms with E-state index >= 15 is 0 Å². The van der Waals surface area contributed by atoms with E-state index in [9.17, 15) is 18.0 Å². The molecule has 0 saturated carbocycles. The minimum absolute atomic E-state index is 0.0227. The Kier molecular flexibility index (Phi) is 5.49. The zero-order chi connectivity index (χ0) is 20.5. The molecule has 1 aliphatic heterocycles. The maximum absolute atomic E-state index is 12.9. The summed E-state index contributed by atoms with van der Waals surface area (Å²) < 4.78 is 44.2. The molecule has 3 nitrogen and oxygen atoms in total. The highest BCUT2D eigenvalue weighted by Gasteiger charge is 2.43. The van der Waals surface area contributed by atoms with Gasteiger partial charge in [-0.25, -0.2) is 0 Å². The number of alkyl halides is 3. The van der Waals surface area contributed by atoms with Crippen molar-refractivity contribution in [2.45, 2.75) is 25.4 Å². The van der Waals surface area contributed by atoms with Gasteiger partial charge in [-0.1, -0.05) is 43.8 Å². The topological polar surface area (TPSA) is 29.5 Å². The van der Waals surface area contributed by atoms with Crippen LogP contribution in [0.5, 0.6) is 5.75 Å². The molecule has 1 atom stereocenters. The van der Waals surface area contributed by atoms with Gasteiger partial charge in [0, 0.05) is 18.7 Å². The normalized spacial score (nSPS) is 16.9. The van der Waals surface area contributed by atoms with Gasteiger partial charge >= 0.3 is 12.1 Å². The van der Waals surface area contributed by atoms with E-state index in [-0.39, 0.29) is 19.0 Å². The molecular formula is C22H22F3NO2. The van der Waals surface area contributed by atoms with Crippen LogP contribution in [0.3, 0.4) is 0 Å². The van der Waals surface area contributed by atoms with Crippen molar-refractivity contribution in [3.63, 3.8) is 0 Å². The van der Waals surface area contributed by atoms with Crippen molar-refractivity contribution in [2.75, 3.05) is 20.2 Å². The zero-order valence-corrected chi connectivity index (χ0v) is 15.8. The lowest BCUT2D eigenvalue weighted by Crippen LogP contribution is -2.42. The minimum atomic E-state index is -4.86. The number of benzene rings is 2. The van der Waals surface area contributed by atoms with Crippen molar-refractivity contribution in [1.82, 2.24) is 4.90 Å². The van der Waals surface area contributed by atoms with Crippen LogP contribution in [-0.4, -0.2) is 37.2 Å². The molecule has 2 aromatic rings. The van der Waals surface area contributed by atoms with E-state index in [4.69, 9.17) is 4.74 Å². The molecule has 1 aliphatic rings. The molecule has 0 saturated heterocycles. The second-order valence-corrected chi connectivity index (χ2v) is 7.00. The third kappa shape index (κ3) is 3.91. The average Bonchev–Trinajstić information content (AvgIpc) is 2.84. The quantitative estimate of drug-likeness (QED) is 0.754. The predicted molar refractivity (Wildman–Crippen MR) is 102 cm³/mol. The molecule has 3 rings (SSSR count). The number of halogens is 3. The summed E-state index contributed by atoms with van der Waals surface area (Å²) in [6.45, 7) is 6.07. The van der Waals surface area contributed by atoms with E-state index in [0.717, 1.165) is 32.7 Å². The second kappa shape index (κ2) is 7.70. The van der Waals surface area contributed by atoms with Crippen molar-refractivity contribution in [1.29, 1.82) is 0 Å². The minimum Gasteiger partial charge on any atom is -0.496 e. The molecule has 1 amide bonds. The molecule has 0 aromatic heterocycles. The molecule has 0 spiro atoms. The Labute approximate surface area is 162 Å². The maximum Gasteiger partial charge on any atom is 0.471 e. The Morgan fingerprint density at radius 3 is 2.50 bits per heavy atom. The third-order valence-electron chi connectivity index (χ3n) is 5.11. The van der Waals surface area contributed by atoms with Gasteiger partial charge in [-0.3, -0.25) is 4.79 Å². The summed E-state index contributed by atoms with van der Waals surface area (Å²) in [5.41, 5.74) is 4.34. The van der Waals surface area contributed by atoms with Crippen molar-refractivity contribution in [2.24, 2.45) is 0 Å². The number of nitrogens with zero attached hydrogens (tertiary/aromatic N) is 1. The van der Waals surface area contributed by atoms with Gasteiger partial charge in [-0.2, -0.15) is 13.2 Å². The molecular weight excluding hydrogens is 367 g/mol. The van der Waals surface area contributed by atoms with Crippen molar-refractivity contribution in [3.05, 3.63) is 71.3 Å². The summed E-state index contributed by atoms with van der Waals surface area (Å²) in [6.07, 6.45) is -4.52. The maximum atomic E-state index is 12.9. The Morgan fingerprint density at radius 1 is 1.21 bits per heavy atom. The summed E-state index contributed by atoms with van der Waals surface area (Å²) in [4.78, 5) is 12.6. The molecule has 0 bridgehead atoms. The highest BCUT2D eigenvalue weighted by molar-refractivity contribution is 5.83. The van der Waals surface area contributed by atoms with E-state index < -0.39 is 12.1 Å². The smallest absolute Gasteiger partial charge is 0.471 e. The first-order valence-electron chi connectivity index (χ1n) is 9.04. The number of rotatable bonds is 3. The summed E-state index contributed by atoms with van der Waals surface area (Å²) in [5.74, 6) is -1.40. The van der Waals surface area contributed by atoms with Gasteiger partial charge < -0.3 is 9.64 Å². The van der Waals surface area contributed by atoms with Gasteiger partial charge in [0.25, 0.3) is 0 Å². The van der Waals surface area contributed by atoms with Gasteiger partial charge in [0.15, 0.2) is 0 Å². The molecule has 0 radical (unpaired) electrons. The fourth-order valence-electron chi connectivity index (χ4n) is 3.65. The van der Waals surface area contributed by atoms with Gasteiger partial charge in [-0.15, -0.1) is 0 Å². The molecule has 28 heavy (non-hydrogen) atoms. The molecule has 1 heterocycles. The molecule has 0 unspecified atom stereocenters. The lowest BCUT2D eigenvalue weighted by atomic mass is 9.89. The summed E-state index contributed by atoms with van der Waals surface area (Å²) in [7, 11) is 1.56. The number of methoxy groups -OCH3 is 1. The average molecular weight is 389 g/mol. The third-order valence-corrected chi connectivity index (χ3v) is 5.11. The van der Waals surface area contributed by atoms with Gasteiger partial charge in [0.05, 0.1) is 7.11 Å². The molecule has 0 fully saturated rings. The van der Waals surface area contributed by atoms with Crippen LogP contribution in [0.15, 0.2) is 49.0 Å². The molecule has 0 aliphatic carbocycles. The largest absolute Gasteiger partial charge is 0.496 e. The Balaban J connectivity index is 1.98. The number of carbonyl (C=O) groups excluding carboxylic acids is 1. The highest BCUT2D eigenvalue weighted by atomic mass is 19.4. The van der Waals surface area contributed by atoms with E-state index in [1.165, 1.54) is 0 Å². The zero-order valence-electron chi connectivity index (χ0n) is 15.8. The van der Waals surface area contributed by atoms with Crippen LogP contribution in [0, 0.1) is 0 Å². The molecule has 0 N–H and O–H groups in total. The Hall–Kier alpha value is -2.76. The standard InChI is InChI=1S/C22H22F3NO2/c1-14-13-26(21(27)22(23,24)25)10-9-17-11-20(28-3)19(12-18(14)17)15(2)16-7-5-4-6-8-16/h4-8,11-12,14H,2,9-10,13H2,1,3H3/t14-/m0/s1. The summed E-state index contributed by atoms with van der Waals surface area (Å²) in [6, 6.07) is 13.4. The van der Waals surface area contributed by atoms with Crippen LogP contribution in [0.1, 0.15) is 35.1 Å². The summed E-state index contributed by atoms with van der Waals surface area (Å²) >= 11 is 0. The fourth-order valence-corrected chi connectivity index (χ4v) is 3.65. The van der Waals surface area contributed by atoms with E-state index in [1.807, 2.05) is 49.4 Å². The van der Waals surface area contributed by atoms with E-state index in [2.05, 4.69) is 6.58 Å². The summed E-state index contributed by atoms with van der Waals surface area (Å²) in [5, 5.41) is 0. The number of carbonyl (C=O) groups is 1. The van der Waals surface area contributed by atoms with Crippen LogP contribution >= 0.6 is 0 Å². The highest BCUT2D eigenvalue weighted by Crippen LogP contribution is 2.37. The lowest BCUT2D eigenvalue weighted by molar-refractivity contribution is -0.185. The second-order valence-electron chi connectivity index (χ2n) is 7.00. The van der Waals surface area contributed by atoms with Crippen LogP contribution in [-0.2, 0) is 11.2 Å². The van der Waals surface area contributed by atoms with E-state index in [0.29, 0.717) is 12.2 Å². The van der Waals surface area contributed by atoms with Crippen LogP contribution < -0.4 is 4.74 Å². The van der Waals surface area contributed by atoms with Crippen molar-refractivity contribution in [3.8, 4) is 5.75 Å². The van der Waals surface area contributed by atoms with Gasteiger partial charge in [0.1, 0.15) is 5.75 Å². The van der Waals surface area contributed by atoms with Gasteiger partial charge in [0.2, 0.25) is 0 Å². The van der Waals surface area contributed by atoms with Crippen molar-refractivity contribution < 1.29 is 22.7 Å². The van der Waals surface area contributed by atoms with Crippen LogP contribution in [0.25, 0.3) is 5.57 Å². The first kappa shape index (κ1) is 20.0.